The third-order valence-electron chi connectivity index (χ3n) is 6.50. The highest BCUT2D eigenvalue weighted by Crippen LogP contribution is 2.37. The number of nitrogens with zero attached hydrogens (tertiary/aromatic N) is 2. The summed E-state index contributed by atoms with van der Waals surface area (Å²) in [6, 6.07) is 20.8. The normalized spacial score (nSPS) is 15.1. The molecule has 0 unspecified atom stereocenters. The summed E-state index contributed by atoms with van der Waals surface area (Å²) in [5.41, 5.74) is 4.52. The smallest absolute Gasteiger partial charge is 0.302 e. The van der Waals surface area contributed by atoms with Crippen LogP contribution in [0.4, 0.5) is 5.82 Å². The van der Waals surface area contributed by atoms with Crippen LogP contribution in [0.25, 0.3) is 20.7 Å². The second kappa shape index (κ2) is 11.0. The van der Waals surface area contributed by atoms with E-state index in [2.05, 4.69) is 50.9 Å². The molecule has 7 heteroatoms. The molecule has 5 rings (SSSR count). The Labute approximate surface area is 209 Å². The van der Waals surface area contributed by atoms with Gasteiger partial charge in [-0.15, -0.1) is 11.3 Å². The van der Waals surface area contributed by atoms with Crippen molar-refractivity contribution in [3.05, 3.63) is 78.1 Å². The molecule has 0 spiro atoms. The number of nitrogens with one attached hydrogen (secondary N) is 2. The highest BCUT2D eigenvalue weighted by atomic mass is 32.1. The molecule has 2 aromatic heterocycles. The van der Waals surface area contributed by atoms with E-state index in [0.29, 0.717) is 0 Å². The molecule has 1 saturated heterocycles. The molecular weight excluding hydrogens is 456 g/mol. The maximum Gasteiger partial charge on any atom is 0.302 e. The fourth-order valence-electron chi connectivity index (χ4n) is 4.60. The predicted octanol–water partition coefficient (Wildman–Crippen LogP) is 5.62. The van der Waals surface area contributed by atoms with Gasteiger partial charge in [-0.05, 0) is 61.0 Å². The summed E-state index contributed by atoms with van der Waals surface area (Å²) in [5, 5.41) is 6.93. The van der Waals surface area contributed by atoms with E-state index in [1.807, 2.05) is 30.3 Å². The van der Waals surface area contributed by atoms with Crippen LogP contribution in [0.5, 0.6) is 0 Å². The van der Waals surface area contributed by atoms with Crippen molar-refractivity contribution < 1.29 is 9.53 Å². The average Bonchev–Trinajstić information content (AvgIpc) is 3.33. The fourth-order valence-corrected chi connectivity index (χ4v) is 5.66. The molecular formula is C28H30N4O2S. The van der Waals surface area contributed by atoms with E-state index in [9.17, 15) is 4.79 Å². The van der Waals surface area contributed by atoms with E-state index in [4.69, 9.17) is 4.74 Å². The molecule has 0 bridgehead atoms. The van der Waals surface area contributed by atoms with Crippen LogP contribution < -0.4 is 10.6 Å². The van der Waals surface area contributed by atoms with Crippen molar-refractivity contribution in [2.24, 2.45) is 5.92 Å². The maximum atomic E-state index is 11.5. The topological polar surface area (TPSA) is 76.1 Å². The number of ether oxygens (including phenoxy) is 1. The van der Waals surface area contributed by atoms with Crippen molar-refractivity contribution in [1.29, 1.82) is 0 Å². The quantitative estimate of drug-likeness (QED) is 0.315. The van der Waals surface area contributed by atoms with E-state index < -0.39 is 0 Å². The van der Waals surface area contributed by atoms with Gasteiger partial charge < -0.3 is 15.4 Å². The lowest BCUT2D eigenvalue weighted by Gasteiger charge is -2.22. The number of piperidine rings is 1. The number of fused-ring (bicyclic) bond motifs is 1. The Morgan fingerprint density at radius 2 is 1.89 bits per heavy atom. The van der Waals surface area contributed by atoms with Crippen molar-refractivity contribution in [3.63, 3.8) is 0 Å². The fraction of sp³-hybridized carbons (Fsp3) is 0.321. The number of hydrogen-bond donors (Lipinski definition) is 2. The van der Waals surface area contributed by atoms with Crippen LogP contribution in [-0.2, 0) is 16.0 Å². The number of rotatable bonds is 8. The van der Waals surface area contributed by atoms with Crippen molar-refractivity contribution in [1.82, 2.24) is 15.3 Å². The molecule has 0 aliphatic carbocycles. The van der Waals surface area contributed by atoms with Gasteiger partial charge in [-0.1, -0.05) is 54.6 Å². The highest BCUT2D eigenvalue weighted by molar-refractivity contribution is 7.22. The van der Waals surface area contributed by atoms with E-state index in [1.165, 1.54) is 30.9 Å². The van der Waals surface area contributed by atoms with Crippen LogP contribution in [0.3, 0.4) is 0 Å². The largest absolute Gasteiger partial charge is 0.463 e. The van der Waals surface area contributed by atoms with Gasteiger partial charge in [0, 0.05) is 11.8 Å². The maximum absolute atomic E-state index is 11.5. The second-order valence-corrected chi connectivity index (χ2v) is 10.1. The Kier molecular flexibility index (Phi) is 7.35. The minimum absolute atomic E-state index is 0.210. The predicted molar refractivity (Wildman–Crippen MR) is 142 cm³/mol. The molecule has 0 amide bonds. The molecule has 1 aliphatic heterocycles. The first-order valence-electron chi connectivity index (χ1n) is 12.1. The van der Waals surface area contributed by atoms with E-state index in [-0.39, 0.29) is 18.6 Å². The molecule has 35 heavy (non-hydrogen) atoms. The molecule has 6 nitrogen and oxygen atoms in total. The molecule has 180 valence electrons. The van der Waals surface area contributed by atoms with Crippen molar-refractivity contribution >= 4 is 33.3 Å². The van der Waals surface area contributed by atoms with Crippen LogP contribution in [0.2, 0.25) is 0 Å². The van der Waals surface area contributed by atoms with Crippen LogP contribution in [0.1, 0.15) is 36.9 Å². The Hall–Kier alpha value is -3.29. The van der Waals surface area contributed by atoms with E-state index >= 15 is 0 Å². The number of esters is 1. The first kappa shape index (κ1) is 23.5. The first-order valence-corrected chi connectivity index (χ1v) is 13.0. The molecule has 3 heterocycles. The van der Waals surface area contributed by atoms with Gasteiger partial charge in [0.05, 0.1) is 16.3 Å². The zero-order valence-corrected chi connectivity index (χ0v) is 20.7. The summed E-state index contributed by atoms with van der Waals surface area (Å²) >= 11 is 1.68. The third kappa shape index (κ3) is 5.86. The van der Waals surface area contributed by atoms with Crippen molar-refractivity contribution in [3.8, 4) is 10.4 Å². The number of carbonyl (C=O) groups excluding carboxylic acids is 1. The minimum Gasteiger partial charge on any atom is -0.463 e. The zero-order valence-electron chi connectivity index (χ0n) is 19.9. The van der Waals surface area contributed by atoms with E-state index in [1.54, 1.807) is 17.7 Å². The van der Waals surface area contributed by atoms with Crippen molar-refractivity contribution in [2.75, 3.05) is 25.0 Å². The lowest BCUT2D eigenvalue weighted by atomic mass is 9.91. The van der Waals surface area contributed by atoms with Gasteiger partial charge in [0.15, 0.2) is 0 Å². The lowest BCUT2D eigenvalue weighted by molar-refractivity contribution is -0.141. The van der Waals surface area contributed by atoms with Crippen LogP contribution in [0, 0.1) is 5.92 Å². The van der Waals surface area contributed by atoms with Crippen LogP contribution in [0.15, 0.2) is 67.0 Å². The van der Waals surface area contributed by atoms with Crippen LogP contribution in [-0.4, -0.2) is 35.6 Å². The number of carbonyl (C=O) groups is 1. The molecule has 2 N–H and O–H groups in total. The van der Waals surface area contributed by atoms with Gasteiger partial charge in [-0.25, -0.2) is 9.97 Å². The van der Waals surface area contributed by atoms with E-state index in [0.717, 1.165) is 51.9 Å². The van der Waals surface area contributed by atoms with Crippen molar-refractivity contribution in [2.45, 2.75) is 32.2 Å². The summed E-state index contributed by atoms with van der Waals surface area (Å²) in [4.78, 5) is 21.7. The Bertz CT molecular complexity index is 1270. The summed E-state index contributed by atoms with van der Waals surface area (Å²) < 4.78 is 6.33. The Morgan fingerprint density at radius 3 is 2.63 bits per heavy atom. The lowest BCUT2D eigenvalue weighted by Crippen LogP contribution is -2.28. The summed E-state index contributed by atoms with van der Waals surface area (Å²) in [6.07, 6.45) is 5.25. The number of benzene rings is 2. The average molecular weight is 487 g/mol. The van der Waals surface area contributed by atoms with Gasteiger partial charge >= 0.3 is 5.97 Å². The Morgan fingerprint density at radius 1 is 1.11 bits per heavy atom. The summed E-state index contributed by atoms with van der Waals surface area (Å²) in [7, 11) is 0. The SMILES string of the molecule is CC(=O)OC[C@@H](Nc1ncnc2cc(-c3ccc(CC4CCNCC4)cc3)sc12)c1ccccc1. The third-order valence-corrected chi connectivity index (χ3v) is 7.68. The van der Waals surface area contributed by atoms with Gasteiger partial charge in [-0.3, -0.25) is 4.79 Å². The zero-order chi connectivity index (χ0) is 24.0. The van der Waals surface area contributed by atoms with Crippen LogP contribution >= 0.6 is 11.3 Å². The second-order valence-electron chi connectivity index (χ2n) is 9.05. The first-order chi connectivity index (χ1) is 17.2. The number of thiophene rings is 1. The number of anilines is 1. The van der Waals surface area contributed by atoms with Gasteiger partial charge in [0.1, 0.15) is 18.8 Å². The molecule has 1 atom stereocenters. The standard InChI is InChI=1S/C28H30N4O2S/c1-19(33)34-17-25(22-5-3-2-4-6-22)32-28-27-24(30-18-31-28)16-26(35-27)23-9-7-20(8-10-23)15-21-11-13-29-14-12-21/h2-10,16,18,21,25,29H,11-15,17H2,1H3,(H,30,31,32)/t25-/m1/s1. The highest BCUT2D eigenvalue weighted by Gasteiger charge is 2.18. The Balaban J connectivity index is 1.37. The molecule has 4 aromatic rings. The number of hydrogen-bond acceptors (Lipinski definition) is 7. The summed E-state index contributed by atoms with van der Waals surface area (Å²) in [6.45, 7) is 3.91. The number of aromatic nitrogens is 2. The minimum atomic E-state index is -0.303. The molecule has 2 aromatic carbocycles. The molecule has 1 fully saturated rings. The molecule has 1 aliphatic rings. The summed E-state index contributed by atoms with van der Waals surface area (Å²) in [5.74, 6) is 1.22. The monoisotopic (exact) mass is 486 g/mol. The molecule has 0 radical (unpaired) electrons. The van der Waals surface area contributed by atoms with Gasteiger partial charge in [0.25, 0.3) is 0 Å². The van der Waals surface area contributed by atoms with Gasteiger partial charge in [0.2, 0.25) is 0 Å². The molecule has 0 saturated carbocycles. The van der Waals surface area contributed by atoms with Gasteiger partial charge in [-0.2, -0.15) is 0 Å².